The van der Waals surface area contributed by atoms with Crippen molar-refractivity contribution in [3.8, 4) is 0 Å². The fourth-order valence-electron chi connectivity index (χ4n) is 5.31. The normalized spacial score (nSPS) is 17.1. The lowest BCUT2D eigenvalue weighted by atomic mass is 9.90. The van der Waals surface area contributed by atoms with E-state index in [-0.39, 0.29) is 79.8 Å². The summed E-state index contributed by atoms with van der Waals surface area (Å²) in [7, 11) is 0. The van der Waals surface area contributed by atoms with Crippen molar-refractivity contribution in [1.82, 2.24) is 20.9 Å². The number of ketones is 2. The second-order valence-corrected chi connectivity index (χ2v) is 14.0. The van der Waals surface area contributed by atoms with Crippen LogP contribution in [0.25, 0.3) is 0 Å². The zero-order valence-electron chi connectivity index (χ0n) is 30.4. The highest BCUT2D eigenvalue weighted by molar-refractivity contribution is 6.12. The minimum Gasteiger partial charge on any atom is -0.394 e. The Morgan fingerprint density at radius 1 is 0.745 bits per heavy atom. The predicted octanol–water partition coefficient (Wildman–Crippen LogP) is -1.11. The Balaban J connectivity index is 2.89. The van der Waals surface area contributed by atoms with E-state index in [2.05, 4.69) is 16.0 Å². The van der Waals surface area contributed by atoms with Crippen LogP contribution < -0.4 is 16.0 Å². The van der Waals surface area contributed by atoms with Gasteiger partial charge in [0, 0.05) is 69.3 Å². The van der Waals surface area contributed by atoms with Crippen molar-refractivity contribution in [2.45, 2.75) is 116 Å². The minimum atomic E-state index is -1.88. The van der Waals surface area contributed by atoms with Crippen LogP contribution in [0.1, 0.15) is 86.0 Å². The summed E-state index contributed by atoms with van der Waals surface area (Å²) in [5.74, 6) is -4.78. The monoisotopic (exact) mass is 726 g/mol. The van der Waals surface area contributed by atoms with Crippen LogP contribution >= 0.6 is 0 Å². The van der Waals surface area contributed by atoms with Gasteiger partial charge in [0.25, 0.3) is 11.8 Å². The van der Waals surface area contributed by atoms with Gasteiger partial charge in [-0.2, -0.15) is 0 Å². The first-order valence-electron chi connectivity index (χ1n) is 17.6. The molecule has 5 amide bonds. The molecule has 1 aliphatic rings. The second kappa shape index (κ2) is 23.1. The van der Waals surface area contributed by atoms with Gasteiger partial charge in [-0.15, -0.1) is 0 Å². The molecule has 1 rings (SSSR count). The quantitative estimate of drug-likeness (QED) is 0.0390. The number of unbranched alkanes of at least 4 members (excludes halogenated alkanes) is 2. The first-order chi connectivity index (χ1) is 23.9. The molecule has 1 aliphatic heterocycles. The molecule has 0 spiro atoms. The molecule has 0 aromatic rings. The van der Waals surface area contributed by atoms with Gasteiger partial charge in [-0.1, -0.05) is 41.0 Å². The molecule has 0 bridgehead atoms. The van der Waals surface area contributed by atoms with E-state index < -0.39 is 67.3 Å². The van der Waals surface area contributed by atoms with E-state index in [1.165, 1.54) is 12.2 Å². The first-order valence-corrected chi connectivity index (χ1v) is 17.6. The third-order valence-corrected chi connectivity index (χ3v) is 8.59. The van der Waals surface area contributed by atoms with Gasteiger partial charge in [0.05, 0.1) is 18.8 Å². The maximum absolute atomic E-state index is 13.6. The Labute approximate surface area is 299 Å². The number of imide groups is 1. The third-order valence-electron chi connectivity index (χ3n) is 8.59. The Morgan fingerprint density at radius 3 is 1.92 bits per heavy atom. The second-order valence-electron chi connectivity index (χ2n) is 14.0. The number of Topliss-reactive ketones (excluding diaryl/α,β-unsaturated/α-hetero) is 2. The molecule has 8 N–H and O–H groups in total. The summed E-state index contributed by atoms with van der Waals surface area (Å²) in [5.41, 5.74) is 0. The molecule has 0 aromatic heterocycles. The zero-order chi connectivity index (χ0) is 38.8. The molecule has 290 valence electrons. The molecule has 0 saturated carbocycles. The number of hydrogen-bond donors (Lipinski definition) is 8. The summed E-state index contributed by atoms with van der Waals surface area (Å²) in [5, 5.41) is 56.2. The maximum atomic E-state index is 13.6. The Bertz CT molecular complexity index is 1210. The number of carbonyl (C=O) groups excluding carboxylic acids is 7. The summed E-state index contributed by atoms with van der Waals surface area (Å²) in [6, 6.07) is -0.966. The van der Waals surface area contributed by atoms with Gasteiger partial charge < -0.3 is 41.5 Å². The van der Waals surface area contributed by atoms with Gasteiger partial charge in [0.2, 0.25) is 17.7 Å². The number of hydrogen-bond acceptors (Lipinski definition) is 12. The van der Waals surface area contributed by atoms with Crippen molar-refractivity contribution < 1.29 is 59.1 Å². The number of amides is 5. The lowest BCUT2D eigenvalue weighted by molar-refractivity contribution is -0.137. The molecule has 16 heteroatoms. The van der Waals surface area contributed by atoms with Crippen LogP contribution in [-0.2, 0) is 33.6 Å². The van der Waals surface area contributed by atoms with Crippen LogP contribution in [0.15, 0.2) is 12.2 Å². The van der Waals surface area contributed by atoms with Crippen molar-refractivity contribution in [3.05, 3.63) is 12.2 Å². The standard InChI is InChI=1S/C35H58N4O12/c1-20(2)17-37-34(50)22(5)15-25(42)31(21(3)4)38-35(51)23(10-11-28(45)36-18-26(43)32(48)33(49)27(44)19-40)16-24(41)9-7-6-8-14-39-29(46)12-13-30(39)47/h12-13,20-23,26-27,31-33,40,43-44,48-49H,6-11,14-19H2,1-5H3,(H,36,45)(H,37,50)(H,38,51)/t22-,23-,26+,27-,31+,32-,33-/m1/s1. The molecular weight excluding hydrogens is 668 g/mol. The smallest absolute Gasteiger partial charge is 0.253 e. The summed E-state index contributed by atoms with van der Waals surface area (Å²) in [4.78, 5) is 89.5. The van der Waals surface area contributed by atoms with Crippen molar-refractivity contribution in [1.29, 1.82) is 0 Å². The lowest BCUT2D eigenvalue weighted by Gasteiger charge is -2.26. The van der Waals surface area contributed by atoms with E-state index in [0.29, 0.717) is 25.8 Å². The molecule has 0 radical (unpaired) electrons. The Hall–Kier alpha value is -3.57. The number of aliphatic hydroxyl groups excluding tert-OH is 5. The largest absolute Gasteiger partial charge is 0.394 e. The highest BCUT2D eigenvalue weighted by Gasteiger charge is 2.32. The minimum absolute atomic E-state index is 0.0950. The Morgan fingerprint density at radius 2 is 1.35 bits per heavy atom. The van der Waals surface area contributed by atoms with E-state index in [1.807, 2.05) is 13.8 Å². The zero-order valence-corrected chi connectivity index (χ0v) is 30.4. The van der Waals surface area contributed by atoms with Crippen LogP contribution in [0.3, 0.4) is 0 Å². The van der Waals surface area contributed by atoms with E-state index >= 15 is 0 Å². The fourth-order valence-corrected chi connectivity index (χ4v) is 5.31. The Kier molecular flexibility index (Phi) is 20.6. The summed E-state index contributed by atoms with van der Waals surface area (Å²) in [6.45, 7) is 8.24. The molecule has 1 heterocycles. The predicted molar refractivity (Wildman–Crippen MR) is 184 cm³/mol. The van der Waals surface area contributed by atoms with Crippen LogP contribution in [0, 0.1) is 23.7 Å². The average Bonchev–Trinajstić information content (AvgIpc) is 3.40. The van der Waals surface area contributed by atoms with Gasteiger partial charge in [0.1, 0.15) is 24.1 Å². The SMILES string of the molecule is CC(C)CNC(=O)[C@H](C)CC(=O)[C@@H](NC(=O)[C@H](CCC(=O)NC[C@H](O)[C@@H](O)[C@H](O)[C@H](O)CO)CC(=O)CCCCCN1C(=O)C=CC1=O)C(C)C. The molecule has 0 fully saturated rings. The molecule has 51 heavy (non-hydrogen) atoms. The number of aliphatic hydroxyl groups is 5. The summed E-state index contributed by atoms with van der Waals surface area (Å²) < 4.78 is 0. The molecule has 0 aliphatic carbocycles. The fraction of sp³-hybridized carbons (Fsp3) is 0.743. The van der Waals surface area contributed by atoms with Crippen molar-refractivity contribution in [3.63, 3.8) is 0 Å². The van der Waals surface area contributed by atoms with E-state index in [1.54, 1.807) is 20.8 Å². The van der Waals surface area contributed by atoms with E-state index in [4.69, 9.17) is 5.11 Å². The highest BCUT2D eigenvalue weighted by Crippen LogP contribution is 2.19. The maximum Gasteiger partial charge on any atom is 0.253 e. The molecular formula is C35H58N4O12. The lowest BCUT2D eigenvalue weighted by Crippen LogP contribution is -2.49. The van der Waals surface area contributed by atoms with Gasteiger partial charge in [0.15, 0.2) is 5.78 Å². The molecule has 0 unspecified atom stereocenters. The summed E-state index contributed by atoms with van der Waals surface area (Å²) >= 11 is 0. The van der Waals surface area contributed by atoms with Crippen molar-refractivity contribution >= 4 is 41.1 Å². The van der Waals surface area contributed by atoms with Crippen LogP contribution in [0.5, 0.6) is 0 Å². The average molecular weight is 727 g/mol. The van der Waals surface area contributed by atoms with E-state index in [0.717, 1.165) is 4.90 Å². The van der Waals surface area contributed by atoms with Crippen LogP contribution in [0.4, 0.5) is 0 Å². The molecule has 0 aromatic carbocycles. The van der Waals surface area contributed by atoms with Crippen molar-refractivity contribution in [2.24, 2.45) is 23.7 Å². The van der Waals surface area contributed by atoms with Gasteiger partial charge in [-0.3, -0.25) is 38.5 Å². The number of carbonyl (C=O) groups is 7. The van der Waals surface area contributed by atoms with Crippen LogP contribution in [0.2, 0.25) is 0 Å². The van der Waals surface area contributed by atoms with Crippen LogP contribution in [-0.4, -0.2) is 128 Å². The van der Waals surface area contributed by atoms with Crippen molar-refractivity contribution in [2.75, 3.05) is 26.2 Å². The topological polar surface area (TPSA) is 260 Å². The highest BCUT2D eigenvalue weighted by atomic mass is 16.4. The van der Waals surface area contributed by atoms with E-state index in [9.17, 15) is 54.0 Å². The molecule has 16 nitrogen and oxygen atoms in total. The molecule has 0 saturated heterocycles. The first kappa shape index (κ1) is 45.5. The summed E-state index contributed by atoms with van der Waals surface area (Å²) in [6.07, 6.45) is -4.01. The van der Waals surface area contributed by atoms with Gasteiger partial charge >= 0.3 is 0 Å². The van der Waals surface area contributed by atoms with Gasteiger partial charge in [-0.05, 0) is 31.1 Å². The number of nitrogens with one attached hydrogen (secondary N) is 3. The third kappa shape index (κ3) is 16.5. The number of nitrogens with zero attached hydrogens (tertiary/aromatic N) is 1. The number of rotatable bonds is 26. The molecule has 7 atom stereocenters. The van der Waals surface area contributed by atoms with Gasteiger partial charge in [-0.25, -0.2) is 0 Å².